The first-order valence-corrected chi connectivity index (χ1v) is 9.09. The van der Waals surface area contributed by atoms with Crippen LogP contribution in [0.5, 0.6) is 5.75 Å². The van der Waals surface area contributed by atoms with Crippen LogP contribution in [0.4, 0.5) is 0 Å². The highest BCUT2D eigenvalue weighted by Gasteiger charge is 2.28. The van der Waals surface area contributed by atoms with Crippen LogP contribution >= 0.6 is 0 Å². The zero-order valence-corrected chi connectivity index (χ0v) is 16.6. The standard InChI is InChI=1S/C19H28N2O9/c1-2-30-17(29)13-3-14(5-20-18(7-22,8-23)9-24)16(28)15(4-13)6-21-19(10-25,11-26)12-27/h3-6,22-28H,2,7-12H2,1H3. The minimum absolute atomic E-state index is 0.00989. The highest BCUT2D eigenvalue weighted by Crippen LogP contribution is 2.24. The molecule has 1 aromatic carbocycles. The van der Waals surface area contributed by atoms with Crippen LogP contribution in [0.15, 0.2) is 22.1 Å². The Bertz CT molecular complexity index is 689. The van der Waals surface area contributed by atoms with Gasteiger partial charge >= 0.3 is 5.97 Å². The van der Waals surface area contributed by atoms with E-state index < -0.39 is 62.4 Å². The van der Waals surface area contributed by atoms with Crippen molar-refractivity contribution in [1.29, 1.82) is 0 Å². The average molecular weight is 428 g/mol. The first-order valence-electron chi connectivity index (χ1n) is 9.09. The van der Waals surface area contributed by atoms with Gasteiger partial charge in [0.1, 0.15) is 16.8 Å². The normalized spacial score (nSPS) is 12.8. The van der Waals surface area contributed by atoms with Gasteiger partial charge in [-0.15, -0.1) is 0 Å². The van der Waals surface area contributed by atoms with Gasteiger partial charge in [0, 0.05) is 23.6 Å². The van der Waals surface area contributed by atoms with Crippen LogP contribution in [-0.4, -0.2) is 111 Å². The third-order valence-corrected chi connectivity index (χ3v) is 4.40. The van der Waals surface area contributed by atoms with Gasteiger partial charge in [-0.05, 0) is 19.1 Å². The van der Waals surface area contributed by atoms with Gasteiger partial charge in [-0.1, -0.05) is 0 Å². The number of aliphatic hydroxyl groups excluding tert-OH is 6. The van der Waals surface area contributed by atoms with Crippen LogP contribution in [0.2, 0.25) is 0 Å². The summed E-state index contributed by atoms with van der Waals surface area (Å²) in [6.45, 7) is -2.32. The van der Waals surface area contributed by atoms with Crippen LogP contribution in [0, 0.1) is 0 Å². The van der Waals surface area contributed by atoms with Gasteiger partial charge in [0.25, 0.3) is 0 Å². The SMILES string of the molecule is CCOC(=O)c1cc(C=NC(CO)(CO)CO)c(O)c(C=NC(CO)(CO)CO)c1. The van der Waals surface area contributed by atoms with Crippen molar-refractivity contribution >= 4 is 18.4 Å². The quantitative estimate of drug-likeness (QED) is 0.143. The molecule has 0 aliphatic rings. The molecule has 0 fully saturated rings. The molecule has 168 valence electrons. The van der Waals surface area contributed by atoms with Crippen LogP contribution in [0.25, 0.3) is 0 Å². The Hall–Kier alpha value is -2.41. The number of nitrogens with zero attached hydrogens (tertiary/aromatic N) is 2. The lowest BCUT2D eigenvalue weighted by molar-refractivity contribution is 0.0526. The molecule has 0 saturated carbocycles. The fourth-order valence-corrected chi connectivity index (χ4v) is 2.17. The molecule has 0 spiro atoms. The predicted octanol–water partition coefficient (Wildman–Crippen LogP) is -2.16. The second-order valence-electron chi connectivity index (χ2n) is 6.64. The lowest BCUT2D eigenvalue weighted by atomic mass is 10.0. The summed E-state index contributed by atoms with van der Waals surface area (Å²) in [4.78, 5) is 20.0. The van der Waals surface area contributed by atoms with E-state index in [9.17, 15) is 40.5 Å². The third-order valence-electron chi connectivity index (χ3n) is 4.40. The maximum Gasteiger partial charge on any atom is 0.338 e. The number of hydrogen-bond donors (Lipinski definition) is 7. The summed E-state index contributed by atoms with van der Waals surface area (Å²) in [6.07, 6.45) is 2.13. The molecule has 0 saturated heterocycles. The maximum absolute atomic E-state index is 12.2. The molecular formula is C19H28N2O9. The molecule has 0 radical (unpaired) electrons. The largest absolute Gasteiger partial charge is 0.507 e. The van der Waals surface area contributed by atoms with E-state index in [0.29, 0.717) is 0 Å². The minimum atomic E-state index is -1.60. The lowest BCUT2D eigenvalue weighted by Crippen LogP contribution is -2.39. The molecule has 0 aromatic heterocycles. The topological polar surface area (TPSA) is 193 Å². The molecule has 7 N–H and O–H groups in total. The lowest BCUT2D eigenvalue weighted by Gasteiger charge is -2.22. The van der Waals surface area contributed by atoms with Gasteiger partial charge in [-0.3, -0.25) is 9.98 Å². The number of carbonyl (C=O) groups is 1. The Labute approximate surface area is 173 Å². The molecule has 0 aliphatic heterocycles. The van der Waals surface area contributed by atoms with Crippen LogP contribution in [0.3, 0.4) is 0 Å². The molecule has 0 amide bonds. The monoisotopic (exact) mass is 428 g/mol. The number of benzene rings is 1. The smallest absolute Gasteiger partial charge is 0.338 e. The van der Waals surface area contributed by atoms with Crippen molar-refractivity contribution in [3.8, 4) is 5.75 Å². The van der Waals surface area contributed by atoms with Gasteiger partial charge in [0.2, 0.25) is 0 Å². The Morgan fingerprint density at radius 1 is 0.867 bits per heavy atom. The minimum Gasteiger partial charge on any atom is -0.507 e. The van der Waals surface area contributed by atoms with Gasteiger partial charge < -0.3 is 40.5 Å². The van der Waals surface area contributed by atoms with Crippen molar-refractivity contribution < 1.29 is 45.3 Å². The molecule has 30 heavy (non-hydrogen) atoms. The van der Waals surface area contributed by atoms with Crippen molar-refractivity contribution in [2.75, 3.05) is 46.2 Å². The first-order chi connectivity index (χ1) is 14.3. The van der Waals surface area contributed by atoms with Crippen LogP contribution in [-0.2, 0) is 4.74 Å². The number of ether oxygens (including phenoxy) is 1. The number of rotatable bonds is 12. The Morgan fingerprint density at radius 3 is 1.53 bits per heavy atom. The van der Waals surface area contributed by atoms with Crippen molar-refractivity contribution in [3.63, 3.8) is 0 Å². The number of aliphatic imine (C=N–C) groups is 2. The summed E-state index contributed by atoms with van der Waals surface area (Å²) in [5.41, 5.74) is -3.20. The second-order valence-corrected chi connectivity index (χ2v) is 6.64. The molecule has 0 heterocycles. The van der Waals surface area contributed by atoms with Crippen LogP contribution < -0.4 is 0 Å². The molecule has 0 aliphatic carbocycles. The summed E-state index contributed by atoms with van der Waals surface area (Å²) in [5.74, 6) is -1.11. The van der Waals surface area contributed by atoms with Crippen molar-refractivity contribution in [2.45, 2.75) is 18.0 Å². The molecule has 0 unspecified atom stereocenters. The zero-order valence-electron chi connectivity index (χ0n) is 16.6. The van der Waals surface area contributed by atoms with E-state index in [4.69, 9.17) is 4.74 Å². The van der Waals surface area contributed by atoms with E-state index in [1.807, 2.05) is 0 Å². The van der Waals surface area contributed by atoms with E-state index in [1.54, 1.807) is 6.92 Å². The fraction of sp³-hybridized carbons (Fsp3) is 0.526. The maximum atomic E-state index is 12.2. The number of hydrogen-bond acceptors (Lipinski definition) is 11. The number of phenols is 1. The highest BCUT2D eigenvalue weighted by molar-refractivity contribution is 5.99. The Morgan fingerprint density at radius 2 is 1.23 bits per heavy atom. The number of carbonyl (C=O) groups excluding carboxylic acids is 1. The van der Waals surface area contributed by atoms with Crippen molar-refractivity contribution in [2.24, 2.45) is 9.98 Å². The summed E-state index contributed by atoms with van der Waals surface area (Å²) >= 11 is 0. The van der Waals surface area contributed by atoms with Crippen molar-refractivity contribution in [3.05, 3.63) is 28.8 Å². The summed E-state index contributed by atoms with van der Waals surface area (Å²) < 4.78 is 4.95. The third kappa shape index (κ3) is 6.05. The van der Waals surface area contributed by atoms with Gasteiger partial charge in [-0.25, -0.2) is 4.79 Å². The number of aromatic hydroxyl groups is 1. The van der Waals surface area contributed by atoms with E-state index in [1.165, 1.54) is 12.1 Å². The zero-order chi connectivity index (χ0) is 22.8. The summed E-state index contributed by atoms with van der Waals surface area (Å²) in [6, 6.07) is 2.50. The summed E-state index contributed by atoms with van der Waals surface area (Å²) in [5, 5.41) is 66.8. The average Bonchev–Trinajstić information content (AvgIpc) is 2.78. The molecule has 1 rings (SSSR count). The fourth-order valence-electron chi connectivity index (χ4n) is 2.17. The van der Waals surface area contributed by atoms with Crippen LogP contribution in [0.1, 0.15) is 28.4 Å². The number of esters is 1. The van der Waals surface area contributed by atoms with Crippen molar-refractivity contribution in [1.82, 2.24) is 0 Å². The first kappa shape index (κ1) is 25.6. The molecule has 1 aromatic rings. The van der Waals surface area contributed by atoms with E-state index in [0.717, 1.165) is 12.4 Å². The Balaban J connectivity index is 3.53. The number of phenolic OH excluding ortho intramolecular Hbond substituents is 1. The molecule has 0 atom stereocenters. The highest BCUT2D eigenvalue weighted by atomic mass is 16.5. The predicted molar refractivity (Wildman–Crippen MR) is 107 cm³/mol. The molecular weight excluding hydrogens is 400 g/mol. The second kappa shape index (κ2) is 11.7. The summed E-state index contributed by atoms with van der Waals surface area (Å²) in [7, 11) is 0. The van der Waals surface area contributed by atoms with E-state index in [2.05, 4.69) is 9.98 Å². The van der Waals surface area contributed by atoms with E-state index >= 15 is 0 Å². The Kier molecular flexibility index (Phi) is 9.99. The van der Waals surface area contributed by atoms with Gasteiger partial charge in [0.15, 0.2) is 0 Å². The van der Waals surface area contributed by atoms with E-state index in [-0.39, 0.29) is 23.3 Å². The number of aliphatic hydroxyl groups is 6. The van der Waals surface area contributed by atoms with Gasteiger partial charge in [-0.2, -0.15) is 0 Å². The molecule has 11 heteroatoms. The van der Waals surface area contributed by atoms with Gasteiger partial charge in [0.05, 0.1) is 51.8 Å². The molecule has 0 bridgehead atoms. The molecule has 11 nitrogen and oxygen atoms in total.